The Kier molecular flexibility index (Phi) is 3.57. The third kappa shape index (κ3) is 2.75. The molecule has 0 bridgehead atoms. The van der Waals surface area contributed by atoms with Gasteiger partial charge in [-0.15, -0.1) is 0 Å². The molecule has 0 spiro atoms. The lowest BCUT2D eigenvalue weighted by Gasteiger charge is -2.09. The van der Waals surface area contributed by atoms with E-state index in [1.165, 1.54) is 0 Å². The Bertz CT molecular complexity index is 755. The summed E-state index contributed by atoms with van der Waals surface area (Å²) >= 11 is 5.97. The molecule has 3 aromatic rings. The summed E-state index contributed by atoms with van der Waals surface area (Å²) in [6.07, 6.45) is 0. The minimum Gasteiger partial charge on any atom is -0.487 e. The van der Waals surface area contributed by atoms with E-state index in [1.807, 2.05) is 55.5 Å². The van der Waals surface area contributed by atoms with Crippen molar-refractivity contribution in [3.8, 4) is 5.75 Å². The van der Waals surface area contributed by atoms with Gasteiger partial charge in [-0.2, -0.15) is 0 Å². The van der Waals surface area contributed by atoms with Gasteiger partial charge in [0, 0.05) is 16.1 Å². The van der Waals surface area contributed by atoms with Crippen molar-refractivity contribution in [2.24, 2.45) is 0 Å². The topological polar surface area (TPSA) is 22.1 Å². The van der Waals surface area contributed by atoms with Crippen LogP contribution in [0.25, 0.3) is 10.9 Å². The number of hydrogen-bond donors (Lipinski definition) is 0. The Morgan fingerprint density at radius 3 is 2.75 bits per heavy atom. The minimum atomic E-state index is 0.481. The summed E-state index contributed by atoms with van der Waals surface area (Å²) in [5.41, 5.74) is 2.92. The van der Waals surface area contributed by atoms with Gasteiger partial charge in [0.2, 0.25) is 0 Å². The molecule has 0 atom stereocenters. The Balaban J connectivity index is 1.89. The second kappa shape index (κ2) is 5.51. The molecule has 0 aliphatic rings. The molecule has 0 amide bonds. The zero-order valence-corrected chi connectivity index (χ0v) is 11.9. The molecule has 3 heteroatoms. The molecular formula is C17H14ClNO. The van der Waals surface area contributed by atoms with E-state index in [0.29, 0.717) is 6.61 Å². The third-order valence-electron chi connectivity index (χ3n) is 3.11. The molecule has 1 aromatic heterocycles. The summed E-state index contributed by atoms with van der Waals surface area (Å²) in [6.45, 7) is 2.46. The molecule has 0 unspecified atom stereocenters. The summed E-state index contributed by atoms with van der Waals surface area (Å²) in [5.74, 6) is 0.797. The number of para-hydroxylation sites is 1. The van der Waals surface area contributed by atoms with Gasteiger partial charge in [-0.25, -0.2) is 4.98 Å². The Labute approximate surface area is 123 Å². The summed E-state index contributed by atoms with van der Waals surface area (Å²) in [5, 5.41) is 1.80. The number of halogens is 1. The van der Waals surface area contributed by atoms with Gasteiger partial charge in [0.15, 0.2) is 0 Å². The average molecular weight is 284 g/mol. The van der Waals surface area contributed by atoms with Crippen LogP contribution in [0.1, 0.15) is 11.3 Å². The fraction of sp³-hybridized carbons (Fsp3) is 0.118. The lowest BCUT2D eigenvalue weighted by molar-refractivity contribution is 0.309. The molecule has 0 saturated carbocycles. The first kappa shape index (κ1) is 12.9. The summed E-state index contributed by atoms with van der Waals surface area (Å²) in [7, 11) is 0. The summed E-state index contributed by atoms with van der Waals surface area (Å²) < 4.78 is 5.89. The first-order chi connectivity index (χ1) is 9.72. The highest BCUT2D eigenvalue weighted by Gasteiger charge is 2.04. The van der Waals surface area contributed by atoms with Gasteiger partial charge in [-0.3, -0.25) is 0 Å². The molecule has 3 rings (SSSR count). The fourth-order valence-corrected chi connectivity index (χ4v) is 2.33. The maximum atomic E-state index is 5.97. The Hall–Kier alpha value is -2.06. The molecule has 100 valence electrons. The maximum Gasteiger partial charge on any atom is 0.146 e. The van der Waals surface area contributed by atoms with Crippen molar-refractivity contribution >= 4 is 22.5 Å². The van der Waals surface area contributed by atoms with Crippen LogP contribution >= 0.6 is 11.6 Å². The van der Waals surface area contributed by atoms with Crippen molar-refractivity contribution < 1.29 is 4.74 Å². The maximum absolute atomic E-state index is 5.97. The second-order valence-corrected chi connectivity index (χ2v) is 5.14. The predicted octanol–water partition coefficient (Wildman–Crippen LogP) is 4.78. The van der Waals surface area contributed by atoms with E-state index in [1.54, 1.807) is 0 Å². The molecule has 2 aromatic carbocycles. The normalized spacial score (nSPS) is 10.7. The predicted molar refractivity (Wildman–Crippen MR) is 82.3 cm³/mol. The molecule has 0 aliphatic carbocycles. The Morgan fingerprint density at radius 2 is 1.90 bits per heavy atom. The van der Waals surface area contributed by atoms with Crippen LogP contribution in [0.4, 0.5) is 0 Å². The molecule has 0 fully saturated rings. The van der Waals surface area contributed by atoms with Gasteiger partial charge < -0.3 is 4.74 Å². The zero-order chi connectivity index (χ0) is 13.9. The number of aryl methyl sites for hydroxylation is 1. The number of fused-ring (bicyclic) bond motifs is 1. The number of nitrogens with zero attached hydrogens (tertiary/aromatic N) is 1. The molecule has 2 nitrogen and oxygen atoms in total. The van der Waals surface area contributed by atoms with Crippen molar-refractivity contribution in [3.63, 3.8) is 0 Å². The van der Waals surface area contributed by atoms with E-state index in [2.05, 4.69) is 11.1 Å². The van der Waals surface area contributed by atoms with Gasteiger partial charge in [0.1, 0.15) is 17.9 Å². The quantitative estimate of drug-likeness (QED) is 0.690. The number of hydrogen-bond acceptors (Lipinski definition) is 2. The molecule has 20 heavy (non-hydrogen) atoms. The van der Waals surface area contributed by atoms with E-state index in [4.69, 9.17) is 16.3 Å². The number of benzene rings is 2. The van der Waals surface area contributed by atoms with Crippen molar-refractivity contribution in [2.75, 3.05) is 0 Å². The van der Waals surface area contributed by atoms with Gasteiger partial charge >= 0.3 is 0 Å². The smallest absolute Gasteiger partial charge is 0.146 e. The van der Waals surface area contributed by atoms with Crippen molar-refractivity contribution in [3.05, 3.63) is 70.9 Å². The number of rotatable bonds is 3. The highest BCUT2D eigenvalue weighted by Crippen LogP contribution is 2.25. The lowest BCUT2D eigenvalue weighted by Crippen LogP contribution is -1.97. The van der Waals surface area contributed by atoms with E-state index >= 15 is 0 Å². The number of aromatic nitrogens is 1. The Morgan fingerprint density at radius 1 is 1.05 bits per heavy atom. The van der Waals surface area contributed by atoms with E-state index in [9.17, 15) is 0 Å². The lowest BCUT2D eigenvalue weighted by atomic mass is 10.2. The van der Waals surface area contributed by atoms with Crippen molar-refractivity contribution in [1.82, 2.24) is 4.98 Å². The van der Waals surface area contributed by atoms with Crippen LogP contribution in [-0.4, -0.2) is 4.98 Å². The van der Waals surface area contributed by atoms with Gasteiger partial charge in [0.25, 0.3) is 0 Å². The zero-order valence-electron chi connectivity index (χ0n) is 11.1. The van der Waals surface area contributed by atoms with Crippen LogP contribution < -0.4 is 4.74 Å². The minimum absolute atomic E-state index is 0.481. The molecular weight excluding hydrogens is 270 g/mol. The monoisotopic (exact) mass is 283 g/mol. The largest absolute Gasteiger partial charge is 0.487 e. The van der Waals surface area contributed by atoms with E-state index < -0.39 is 0 Å². The first-order valence-electron chi connectivity index (χ1n) is 6.46. The standard InChI is InChI=1S/C17H14ClNO/c1-12-8-9-14-5-3-7-16(17(14)19-12)20-11-13-4-2-6-15(18)10-13/h2-10H,11H2,1H3. The van der Waals surface area contributed by atoms with Gasteiger partial charge in [-0.05, 0) is 36.8 Å². The number of ether oxygens (including phenoxy) is 1. The first-order valence-corrected chi connectivity index (χ1v) is 6.84. The van der Waals surface area contributed by atoms with Crippen LogP contribution in [0.2, 0.25) is 5.02 Å². The van der Waals surface area contributed by atoms with Crippen LogP contribution in [0.5, 0.6) is 5.75 Å². The van der Waals surface area contributed by atoms with E-state index in [0.717, 1.165) is 32.9 Å². The molecule has 1 heterocycles. The molecule has 0 saturated heterocycles. The van der Waals surface area contributed by atoms with Gasteiger partial charge in [-0.1, -0.05) is 41.9 Å². The number of pyridine rings is 1. The highest BCUT2D eigenvalue weighted by atomic mass is 35.5. The third-order valence-corrected chi connectivity index (χ3v) is 3.34. The van der Waals surface area contributed by atoms with Crippen molar-refractivity contribution in [2.45, 2.75) is 13.5 Å². The molecule has 0 N–H and O–H groups in total. The average Bonchev–Trinajstić information content (AvgIpc) is 2.45. The summed E-state index contributed by atoms with van der Waals surface area (Å²) in [4.78, 5) is 4.55. The van der Waals surface area contributed by atoms with Crippen molar-refractivity contribution in [1.29, 1.82) is 0 Å². The fourth-order valence-electron chi connectivity index (χ4n) is 2.12. The SMILES string of the molecule is Cc1ccc2cccc(OCc3cccc(Cl)c3)c2n1. The van der Waals surface area contributed by atoms with Crippen LogP contribution in [0.3, 0.4) is 0 Å². The molecule has 0 aliphatic heterocycles. The van der Waals surface area contributed by atoms with E-state index in [-0.39, 0.29) is 0 Å². The van der Waals surface area contributed by atoms with Crippen LogP contribution in [-0.2, 0) is 6.61 Å². The molecule has 0 radical (unpaired) electrons. The summed E-state index contributed by atoms with van der Waals surface area (Å²) in [6, 6.07) is 17.7. The highest BCUT2D eigenvalue weighted by molar-refractivity contribution is 6.30. The van der Waals surface area contributed by atoms with Gasteiger partial charge in [0.05, 0.1) is 0 Å². The second-order valence-electron chi connectivity index (χ2n) is 4.70. The van der Waals surface area contributed by atoms with Crippen LogP contribution in [0, 0.1) is 6.92 Å². The van der Waals surface area contributed by atoms with Crippen LogP contribution in [0.15, 0.2) is 54.6 Å².